The van der Waals surface area contributed by atoms with E-state index in [0.29, 0.717) is 33.6 Å². The van der Waals surface area contributed by atoms with Crippen LogP contribution in [0.4, 0.5) is 5.69 Å². The summed E-state index contributed by atoms with van der Waals surface area (Å²) in [4.78, 5) is 36.7. The molecule has 3 aromatic rings. The number of halogens is 2. The van der Waals surface area contributed by atoms with Crippen molar-refractivity contribution in [2.24, 2.45) is 5.10 Å². The predicted molar refractivity (Wildman–Crippen MR) is 140 cm³/mol. The number of amides is 2. The summed E-state index contributed by atoms with van der Waals surface area (Å²) >= 11 is 6.65. The van der Waals surface area contributed by atoms with Crippen LogP contribution in [0.5, 0.6) is 11.5 Å². The Balaban J connectivity index is 1.63. The van der Waals surface area contributed by atoms with Crippen molar-refractivity contribution in [3.8, 4) is 11.5 Å². The quantitative estimate of drug-likeness (QED) is 0.120. The van der Waals surface area contributed by atoms with Crippen LogP contribution >= 0.6 is 31.9 Å². The van der Waals surface area contributed by atoms with E-state index in [4.69, 9.17) is 9.47 Å². The second-order valence-electron chi connectivity index (χ2n) is 7.10. The summed E-state index contributed by atoms with van der Waals surface area (Å²) in [7, 11) is 0. The van der Waals surface area contributed by atoms with Gasteiger partial charge in [-0.15, -0.1) is 0 Å². The Morgan fingerprint density at radius 3 is 2.29 bits per heavy atom. The highest BCUT2D eigenvalue weighted by Crippen LogP contribution is 2.23. The minimum atomic E-state index is -0.955. The van der Waals surface area contributed by atoms with Crippen molar-refractivity contribution in [3.05, 3.63) is 86.8 Å². The Bertz CT molecular complexity index is 1230. The van der Waals surface area contributed by atoms with Crippen LogP contribution in [-0.4, -0.2) is 30.6 Å². The Kier molecular flexibility index (Phi) is 9.56. The highest BCUT2D eigenvalue weighted by atomic mass is 79.9. The maximum atomic E-state index is 12.6. The van der Waals surface area contributed by atoms with E-state index in [-0.39, 0.29) is 5.75 Å². The molecule has 2 N–H and O–H groups in total. The van der Waals surface area contributed by atoms with Crippen molar-refractivity contribution in [1.29, 1.82) is 0 Å². The molecular formula is C25H21Br2N3O5. The van der Waals surface area contributed by atoms with E-state index in [1.807, 2.05) is 6.92 Å². The minimum Gasteiger partial charge on any atom is -0.494 e. The summed E-state index contributed by atoms with van der Waals surface area (Å²) in [6, 6.07) is 18.3. The topological polar surface area (TPSA) is 106 Å². The van der Waals surface area contributed by atoms with Crippen LogP contribution in [0, 0.1) is 0 Å². The molecule has 8 nitrogen and oxygen atoms in total. The van der Waals surface area contributed by atoms with E-state index < -0.39 is 17.8 Å². The van der Waals surface area contributed by atoms with Gasteiger partial charge in [0.1, 0.15) is 11.5 Å². The van der Waals surface area contributed by atoms with Gasteiger partial charge in [-0.25, -0.2) is 10.2 Å². The molecule has 10 heteroatoms. The minimum absolute atomic E-state index is 0.224. The first kappa shape index (κ1) is 26.1. The van der Waals surface area contributed by atoms with E-state index in [9.17, 15) is 14.4 Å². The summed E-state index contributed by atoms with van der Waals surface area (Å²) in [5.41, 5.74) is 3.37. The molecule has 0 spiro atoms. The number of nitrogens with one attached hydrogen (secondary N) is 2. The number of benzene rings is 3. The third-order valence-electron chi connectivity index (χ3n) is 4.42. The van der Waals surface area contributed by atoms with Gasteiger partial charge in [-0.05, 0) is 73.2 Å². The molecule has 2 amide bonds. The highest BCUT2D eigenvalue weighted by Gasteiger charge is 2.14. The maximum Gasteiger partial charge on any atom is 0.343 e. The van der Waals surface area contributed by atoms with Crippen LogP contribution in [-0.2, 0) is 9.59 Å². The molecular weight excluding hydrogens is 582 g/mol. The van der Waals surface area contributed by atoms with Crippen LogP contribution < -0.4 is 20.2 Å². The fourth-order valence-corrected chi connectivity index (χ4v) is 3.35. The van der Waals surface area contributed by atoms with Gasteiger partial charge < -0.3 is 14.8 Å². The van der Waals surface area contributed by atoms with Crippen molar-refractivity contribution in [3.63, 3.8) is 0 Å². The fourth-order valence-electron chi connectivity index (χ4n) is 2.71. The van der Waals surface area contributed by atoms with Crippen molar-refractivity contribution in [1.82, 2.24) is 5.43 Å². The molecule has 180 valence electrons. The van der Waals surface area contributed by atoms with Crippen LogP contribution in [0.1, 0.15) is 29.3 Å². The standard InChI is InChI=1S/C25H21Br2N3O5/c1-2-13-34-21-10-3-16(4-11-21)25(33)35-22-12-7-19(27)14-17(22)15-28-30-24(32)23(31)29-20-8-5-18(26)6-9-20/h3-12,14-15H,2,13H2,1H3,(H,29,31)(H,30,32). The first-order valence-corrected chi connectivity index (χ1v) is 12.1. The first-order valence-electron chi connectivity index (χ1n) is 10.5. The monoisotopic (exact) mass is 601 g/mol. The zero-order valence-electron chi connectivity index (χ0n) is 18.6. The summed E-state index contributed by atoms with van der Waals surface area (Å²) in [6.07, 6.45) is 2.16. The molecule has 0 unspecified atom stereocenters. The third-order valence-corrected chi connectivity index (χ3v) is 5.44. The Morgan fingerprint density at radius 2 is 1.60 bits per heavy atom. The molecule has 0 heterocycles. The van der Waals surface area contributed by atoms with Gasteiger partial charge in [-0.2, -0.15) is 5.10 Å². The number of ether oxygens (including phenoxy) is 2. The fraction of sp³-hybridized carbons (Fsp3) is 0.120. The summed E-state index contributed by atoms with van der Waals surface area (Å²) in [5, 5.41) is 6.28. The molecule has 0 saturated heterocycles. The molecule has 0 aliphatic heterocycles. The zero-order valence-corrected chi connectivity index (χ0v) is 21.8. The van der Waals surface area contributed by atoms with Gasteiger partial charge in [0.25, 0.3) is 0 Å². The lowest BCUT2D eigenvalue weighted by Crippen LogP contribution is -2.32. The Labute approximate surface area is 219 Å². The zero-order chi connectivity index (χ0) is 25.2. The number of hydrogen-bond donors (Lipinski definition) is 2. The number of anilines is 1. The van der Waals surface area contributed by atoms with Crippen molar-refractivity contribution < 1.29 is 23.9 Å². The summed E-state index contributed by atoms with van der Waals surface area (Å²) in [6.45, 7) is 2.60. The highest BCUT2D eigenvalue weighted by molar-refractivity contribution is 9.10. The second-order valence-corrected chi connectivity index (χ2v) is 8.94. The Hall–Kier alpha value is -3.50. The van der Waals surface area contributed by atoms with E-state index in [0.717, 1.165) is 10.9 Å². The molecule has 0 atom stereocenters. The summed E-state index contributed by atoms with van der Waals surface area (Å²) in [5.74, 6) is -1.51. The smallest absolute Gasteiger partial charge is 0.343 e. The molecule has 3 rings (SSSR count). The lowest BCUT2D eigenvalue weighted by Gasteiger charge is -2.09. The van der Waals surface area contributed by atoms with Gasteiger partial charge >= 0.3 is 17.8 Å². The van der Waals surface area contributed by atoms with Gasteiger partial charge in [0.2, 0.25) is 0 Å². The Morgan fingerprint density at radius 1 is 0.914 bits per heavy atom. The maximum absolute atomic E-state index is 12.6. The van der Waals surface area contributed by atoms with Crippen LogP contribution in [0.2, 0.25) is 0 Å². The van der Waals surface area contributed by atoms with Gasteiger partial charge in [0, 0.05) is 20.2 Å². The molecule has 0 bridgehead atoms. The number of hydrogen-bond acceptors (Lipinski definition) is 6. The molecule has 3 aromatic carbocycles. The molecule has 0 aliphatic carbocycles. The average molecular weight is 603 g/mol. The number of esters is 1. The van der Waals surface area contributed by atoms with Gasteiger partial charge in [-0.1, -0.05) is 38.8 Å². The predicted octanol–water partition coefficient (Wildman–Crippen LogP) is 5.31. The molecule has 0 saturated carbocycles. The second kappa shape index (κ2) is 12.8. The van der Waals surface area contributed by atoms with E-state index in [1.165, 1.54) is 6.21 Å². The number of carbonyl (C=O) groups excluding carboxylic acids is 3. The number of nitrogens with zero attached hydrogens (tertiary/aromatic N) is 1. The van der Waals surface area contributed by atoms with Crippen molar-refractivity contribution in [2.75, 3.05) is 11.9 Å². The van der Waals surface area contributed by atoms with E-state index in [2.05, 4.69) is 47.7 Å². The number of rotatable bonds is 8. The molecule has 0 aliphatic rings. The van der Waals surface area contributed by atoms with Crippen LogP contribution in [0.25, 0.3) is 0 Å². The number of hydrazone groups is 1. The molecule has 0 radical (unpaired) electrons. The van der Waals surface area contributed by atoms with E-state index in [1.54, 1.807) is 66.7 Å². The molecule has 0 aromatic heterocycles. The van der Waals surface area contributed by atoms with E-state index >= 15 is 0 Å². The third kappa shape index (κ3) is 8.04. The van der Waals surface area contributed by atoms with Gasteiger partial charge in [-0.3, -0.25) is 9.59 Å². The first-order chi connectivity index (χ1) is 16.9. The molecule has 0 fully saturated rings. The largest absolute Gasteiger partial charge is 0.494 e. The van der Waals surface area contributed by atoms with Crippen LogP contribution in [0.3, 0.4) is 0 Å². The number of carbonyl (C=O) groups is 3. The normalized spacial score (nSPS) is 10.6. The molecule has 35 heavy (non-hydrogen) atoms. The van der Waals surface area contributed by atoms with Gasteiger partial charge in [0.05, 0.1) is 18.4 Å². The van der Waals surface area contributed by atoms with Crippen LogP contribution in [0.15, 0.2) is 80.8 Å². The summed E-state index contributed by atoms with van der Waals surface area (Å²) < 4.78 is 12.6. The average Bonchev–Trinajstić information content (AvgIpc) is 2.85. The van der Waals surface area contributed by atoms with Crippen molar-refractivity contribution in [2.45, 2.75) is 13.3 Å². The van der Waals surface area contributed by atoms with Crippen molar-refractivity contribution >= 4 is 61.5 Å². The van der Waals surface area contributed by atoms with Gasteiger partial charge in [0.15, 0.2) is 0 Å². The SMILES string of the molecule is CCCOc1ccc(C(=O)Oc2ccc(Br)cc2C=NNC(=O)C(=O)Nc2ccc(Br)cc2)cc1. The lowest BCUT2D eigenvalue weighted by atomic mass is 10.2. The lowest BCUT2D eigenvalue weighted by molar-refractivity contribution is -0.136.